The van der Waals surface area contributed by atoms with E-state index in [1.807, 2.05) is 78.9 Å². The molecular weight excluding hydrogens is 324 g/mol. The molecule has 0 aliphatic carbocycles. The highest BCUT2D eigenvalue weighted by Gasteiger charge is 2.07. The molecule has 0 bridgehead atoms. The Morgan fingerprint density at radius 2 is 1.46 bits per heavy atom. The molecule has 1 heterocycles. The smallest absolute Gasteiger partial charge is 0.271 e. The fourth-order valence-corrected chi connectivity index (χ4v) is 2.72. The number of hydrogen-bond acceptors (Lipinski definition) is 3. The van der Waals surface area contributed by atoms with E-state index in [9.17, 15) is 4.79 Å². The van der Waals surface area contributed by atoms with Crippen molar-refractivity contribution in [3.05, 3.63) is 102 Å². The van der Waals surface area contributed by atoms with Crippen LogP contribution in [0.2, 0.25) is 0 Å². The van der Waals surface area contributed by atoms with Crippen LogP contribution in [-0.4, -0.2) is 5.91 Å². The average Bonchev–Trinajstić information content (AvgIpc) is 2.73. The third-order valence-corrected chi connectivity index (χ3v) is 4.02. The van der Waals surface area contributed by atoms with Gasteiger partial charge in [-0.1, -0.05) is 60.7 Å². The lowest BCUT2D eigenvalue weighted by molar-refractivity contribution is 0.0953. The van der Waals surface area contributed by atoms with Crippen LogP contribution < -0.4 is 10.8 Å². The summed E-state index contributed by atoms with van der Waals surface area (Å²) in [7, 11) is 0. The van der Waals surface area contributed by atoms with Gasteiger partial charge in [0.15, 0.2) is 0 Å². The van der Waals surface area contributed by atoms with E-state index in [0.29, 0.717) is 22.3 Å². The molecule has 1 amide bonds. The number of amides is 1. The molecule has 1 aromatic heterocycles. The highest BCUT2D eigenvalue weighted by Crippen LogP contribution is 2.21. The second-order valence-electron chi connectivity index (χ2n) is 5.78. The lowest BCUT2D eigenvalue weighted by Crippen LogP contribution is -2.21. The van der Waals surface area contributed by atoms with Gasteiger partial charge in [-0.25, -0.2) is 5.43 Å². The number of benzene rings is 3. The summed E-state index contributed by atoms with van der Waals surface area (Å²) in [6, 6.07) is 28.3. The number of para-hydroxylation sites is 1. The van der Waals surface area contributed by atoms with Crippen LogP contribution in [-0.2, 0) is 0 Å². The number of hydrogen-bond donors (Lipinski definition) is 1. The minimum Gasteiger partial charge on any atom is -0.456 e. The van der Waals surface area contributed by atoms with Crippen LogP contribution in [0.5, 0.6) is 0 Å². The Bertz CT molecular complexity index is 1120. The second-order valence-corrected chi connectivity index (χ2v) is 5.78. The predicted octanol–water partition coefficient (Wildman–Crippen LogP) is 4.35. The van der Waals surface area contributed by atoms with Crippen LogP contribution in [0, 0.1) is 0 Å². The Morgan fingerprint density at radius 1 is 0.808 bits per heavy atom. The van der Waals surface area contributed by atoms with Gasteiger partial charge in [0.2, 0.25) is 0 Å². The standard InChI is InChI=1S/C22H16N2O2/c25-22(17-11-5-2-6-12-17)24-23-19-15-21(16-9-3-1-4-10-16)26-20-14-8-7-13-18(19)20/h1-15H,(H,24,25). The third-order valence-electron chi connectivity index (χ3n) is 4.02. The van der Waals surface area contributed by atoms with Gasteiger partial charge in [0.1, 0.15) is 11.3 Å². The summed E-state index contributed by atoms with van der Waals surface area (Å²) in [5, 5.41) is 5.82. The molecule has 0 aliphatic rings. The van der Waals surface area contributed by atoms with Crippen LogP contribution in [0.4, 0.5) is 0 Å². The SMILES string of the molecule is O=C(NN=c1cc(-c2ccccc2)oc2ccccc12)c1ccccc1. The molecule has 0 saturated heterocycles. The number of rotatable bonds is 3. The minimum absolute atomic E-state index is 0.253. The zero-order valence-corrected chi connectivity index (χ0v) is 13.9. The first-order valence-electron chi connectivity index (χ1n) is 8.29. The van der Waals surface area contributed by atoms with Crippen LogP contribution in [0.1, 0.15) is 10.4 Å². The van der Waals surface area contributed by atoms with E-state index in [1.54, 1.807) is 12.1 Å². The molecule has 0 radical (unpaired) electrons. The van der Waals surface area contributed by atoms with Crippen molar-refractivity contribution in [2.24, 2.45) is 5.10 Å². The Morgan fingerprint density at radius 3 is 2.23 bits per heavy atom. The molecule has 4 nitrogen and oxygen atoms in total. The lowest BCUT2D eigenvalue weighted by Gasteiger charge is -2.05. The van der Waals surface area contributed by atoms with Gasteiger partial charge in [-0.2, -0.15) is 5.10 Å². The van der Waals surface area contributed by atoms with Crippen LogP contribution >= 0.6 is 0 Å². The Labute approximate surface area is 150 Å². The van der Waals surface area contributed by atoms with Crippen LogP contribution in [0.15, 0.2) is 101 Å². The van der Waals surface area contributed by atoms with E-state index in [1.165, 1.54) is 0 Å². The molecule has 4 heteroatoms. The molecule has 0 aliphatic heterocycles. The number of carbonyl (C=O) groups is 1. The lowest BCUT2D eigenvalue weighted by atomic mass is 10.1. The first-order chi connectivity index (χ1) is 12.8. The van der Waals surface area contributed by atoms with E-state index in [0.717, 1.165) is 10.9 Å². The molecule has 3 aromatic carbocycles. The number of nitrogens with one attached hydrogen (secondary N) is 1. The van der Waals surface area contributed by atoms with Crippen LogP contribution in [0.3, 0.4) is 0 Å². The van der Waals surface area contributed by atoms with Crippen molar-refractivity contribution >= 4 is 16.9 Å². The Balaban J connectivity index is 1.79. The normalized spacial score (nSPS) is 11.5. The van der Waals surface area contributed by atoms with E-state index in [2.05, 4.69) is 10.5 Å². The molecule has 0 spiro atoms. The summed E-state index contributed by atoms with van der Waals surface area (Å²) in [4.78, 5) is 12.3. The molecule has 0 atom stereocenters. The van der Waals surface area contributed by atoms with E-state index < -0.39 is 0 Å². The van der Waals surface area contributed by atoms with Crippen molar-refractivity contribution < 1.29 is 9.21 Å². The summed E-state index contributed by atoms with van der Waals surface area (Å²) in [6.07, 6.45) is 0. The molecular formula is C22H16N2O2. The highest BCUT2D eigenvalue weighted by atomic mass is 16.3. The molecule has 1 N–H and O–H groups in total. The summed E-state index contributed by atoms with van der Waals surface area (Å²) < 4.78 is 6.01. The maximum atomic E-state index is 12.3. The molecule has 4 aromatic rings. The fourth-order valence-electron chi connectivity index (χ4n) is 2.72. The Hall–Kier alpha value is -3.66. The first-order valence-corrected chi connectivity index (χ1v) is 8.29. The number of nitrogens with zero attached hydrogens (tertiary/aromatic N) is 1. The predicted molar refractivity (Wildman–Crippen MR) is 101 cm³/mol. The van der Waals surface area contributed by atoms with Crippen molar-refractivity contribution in [1.29, 1.82) is 0 Å². The van der Waals surface area contributed by atoms with Crippen LogP contribution in [0.25, 0.3) is 22.3 Å². The number of carbonyl (C=O) groups excluding carboxylic acids is 1. The molecule has 0 unspecified atom stereocenters. The third kappa shape index (κ3) is 3.26. The molecule has 0 fully saturated rings. The number of fused-ring (bicyclic) bond motifs is 1. The van der Waals surface area contributed by atoms with Gasteiger partial charge in [-0.05, 0) is 24.3 Å². The molecule has 4 rings (SSSR count). The zero-order chi connectivity index (χ0) is 17.8. The van der Waals surface area contributed by atoms with Crippen molar-refractivity contribution in [3.63, 3.8) is 0 Å². The summed E-state index contributed by atoms with van der Waals surface area (Å²) in [5.41, 5.74) is 4.85. The van der Waals surface area contributed by atoms with Gasteiger partial charge in [0.25, 0.3) is 5.91 Å². The van der Waals surface area contributed by atoms with Gasteiger partial charge < -0.3 is 4.42 Å². The van der Waals surface area contributed by atoms with Gasteiger partial charge in [0.05, 0.1) is 5.36 Å². The fraction of sp³-hybridized carbons (Fsp3) is 0. The van der Waals surface area contributed by atoms with Gasteiger partial charge in [0, 0.05) is 22.6 Å². The van der Waals surface area contributed by atoms with Crippen molar-refractivity contribution in [2.45, 2.75) is 0 Å². The van der Waals surface area contributed by atoms with Gasteiger partial charge in [-0.15, -0.1) is 0 Å². The largest absolute Gasteiger partial charge is 0.456 e. The summed E-state index contributed by atoms with van der Waals surface area (Å²) in [5.74, 6) is 0.439. The maximum Gasteiger partial charge on any atom is 0.271 e. The molecule has 0 saturated carbocycles. The first kappa shape index (κ1) is 15.8. The quantitative estimate of drug-likeness (QED) is 0.564. The van der Waals surface area contributed by atoms with E-state index in [-0.39, 0.29) is 5.91 Å². The van der Waals surface area contributed by atoms with Gasteiger partial charge >= 0.3 is 0 Å². The van der Waals surface area contributed by atoms with Crippen molar-refractivity contribution in [3.8, 4) is 11.3 Å². The topological polar surface area (TPSA) is 54.6 Å². The van der Waals surface area contributed by atoms with Crippen molar-refractivity contribution in [2.75, 3.05) is 0 Å². The van der Waals surface area contributed by atoms with E-state index in [4.69, 9.17) is 4.42 Å². The maximum absolute atomic E-state index is 12.3. The van der Waals surface area contributed by atoms with Crippen molar-refractivity contribution in [1.82, 2.24) is 5.43 Å². The monoisotopic (exact) mass is 340 g/mol. The summed E-state index contributed by atoms with van der Waals surface area (Å²) in [6.45, 7) is 0. The minimum atomic E-state index is -0.253. The highest BCUT2D eigenvalue weighted by molar-refractivity contribution is 5.93. The second kappa shape index (κ2) is 7.07. The Kier molecular flexibility index (Phi) is 4.31. The van der Waals surface area contributed by atoms with E-state index >= 15 is 0 Å². The molecule has 26 heavy (non-hydrogen) atoms. The molecule has 126 valence electrons. The average molecular weight is 340 g/mol. The van der Waals surface area contributed by atoms with Gasteiger partial charge in [-0.3, -0.25) is 4.79 Å². The summed E-state index contributed by atoms with van der Waals surface area (Å²) >= 11 is 0. The zero-order valence-electron chi connectivity index (χ0n) is 13.9.